The van der Waals surface area contributed by atoms with Gasteiger partial charge >= 0.3 is 0 Å². The van der Waals surface area contributed by atoms with Gasteiger partial charge in [0.15, 0.2) is 11.5 Å². The van der Waals surface area contributed by atoms with Gasteiger partial charge in [-0.3, -0.25) is 4.90 Å². The highest BCUT2D eigenvalue weighted by Gasteiger charge is 2.40. The van der Waals surface area contributed by atoms with E-state index in [0.717, 1.165) is 45.0 Å². The number of nitrogens with one attached hydrogen (secondary N) is 1. The van der Waals surface area contributed by atoms with E-state index >= 15 is 0 Å². The predicted molar refractivity (Wildman–Crippen MR) is 82.3 cm³/mol. The van der Waals surface area contributed by atoms with E-state index in [9.17, 15) is 0 Å². The van der Waals surface area contributed by atoms with Crippen LogP contribution in [-0.2, 0) is 4.74 Å². The van der Waals surface area contributed by atoms with Gasteiger partial charge in [0.05, 0.1) is 13.2 Å². The van der Waals surface area contributed by atoms with Crippen LogP contribution >= 0.6 is 11.8 Å². The number of ether oxygens (including phenoxy) is 1. The van der Waals surface area contributed by atoms with Crippen LogP contribution in [0.2, 0.25) is 0 Å². The SMILES string of the molecule is N#Cc1nccnc1NCC1(N2CCOCC2)CCSC1. The average molecular weight is 305 g/mol. The fraction of sp³-hybridized carbons (Fsp3) is 0.643. The molecule has 0 amide bonds. The van der Waals surface area contributed by atoms with Crippen molar-refractivity contribution in [2.24, 2.45) is 0 Å². The van der Waals surface area contributed by atoms with Gasteiger partial charge in [0.1, 0.15) is 6.07 Å². The molecule has 0 aliphatic carbocycles. The van der Waals surface area contributed by atoms with Gasteiger partial charge in [0.2, 0.25) is 0 Å². The van der Waals surface area contributed by atoms with Crippen LogP contribution in [0.25, 0.3) is 0 Å². The van der Waals surface area contributed by atoms with Crippen LogP contribution in [0.15, 0.2) is 12.4 Å². The van der Waals surface area contributed by atoms with Crippen molar-refractivity contribution in [3.63, 3.8) is 0 Å². The molecule has 2 aliphatic heterocycles. The summed E-state index contributed by atoms with van der Waals surface area (Å²) in [7, 11) is 0. The summed E-state index contributed by atoms with van der Waals surface area (Å²) in [6.07, 6.45) is 4.33. The van der Waals surface area contributed by atoms with Crippen molar-refractivity contribution >= 4 is 17.6 Å². The quantitative estimate of drug-likeness (QED) is 0.888. The number of hydrogen-bond donors (Lipinski definition) is 1. The summed E-state index contributed by atoms with van der Waals surface area (Å²) in [5.74, 6) is 2.89. The summed E-state index contributed by atoms with van der Waals surface area (Å²) in [5, 5.41) is 12.5. The van der Waals surface area contributed by atoms with Crippen LogP contribution in [0.4, 0.5) is 5.82 Å². The van der Waals surface area contributed by atoms with Crippen LogP contribution in [-0.4, -0.2) is 64.8 Å². The van der Waals surface area contributed by atoms with Crippen LogP contribution in [0, 0.1) is 11.3 Å². The number of hydrogen-bond acceptors (Lipinski definition) is 7. The van der Waals surface area contributed by atoms with Gasteiger partial charge in [0.25, 0.3) is 0 Å². The third-order valence-electron chi connectivity index (χ3n) is 4.15. The minimum absolute atomic E-state index is 0.138. The van der Waals surface area contributed by atoms with E-state index in [-0.39, 0.29) is 5.54 Å². The Labute approximate surface area is 128 Å². The molecule has 2 saturated heterocycles. The van der Waals surface area contributed by atoms with Gasteiger partial charge in [-0.25, -0.2) is 9.97 Å². The molecule has 0 saturated carbocycles. The molecule has 0 spiro atoms. The molecule has 1 N–H and O–H groups in total. The summed E-state index contributed by atoms with van der Waals surface area (Å²) in [6, 6.07) is 2.09. The number of aromatic nitrogens is 2. The first-order valence-corrected chi connectivity index (χ1v) is 8.35. The summed E-state index contributed by atoms with van der Waals surface area (Å²) in [6.45, 7) is 4.37. The minimum atomic E-state index is 0.138. The fourth-order valence-corrected chi connectivity index (χ4v) is 4.41. The van der Waals surface area contributed by atoms with Crippen LogP contribution in [0.1, 0.15) is 12.1 Å². The van der Waals surface area contributed by atoms with Gasteiger partial charge in [-0.2, -0.15) is 17.0 Å². The Balaban J connectivity index is 1.72. The standard InChI is InChI=1S/C14H19N5OS/c15-9-12-13(17-3-2-16-12)18-10-14(1-8-21-11-14)19-4-6-20-7-5-19/h2-3H,1,4-8,10-11H2,(H,17,18). The average Bonchev–Trinajstić information content (AvgIpc) is 3.04. The Hall–Kier alpha value is -1.36. The second kappa shape index (κ2) is 6.60. The molecule has 2 aliphatic rings. The maximum Gasteiger partial charge on any atom is 0.182 e. The Kier molecular flexibility index (Phi) is 4.58. The Morgan fingerprint density at radius 2 is 2.19 bits per heavy atom. The Morgan fingerprint density at radius 3 is 2.90 bits per heavy atom. The molecule has 21 heavy (non-hydrogen) atoms. The fourth-order valence-electron chi connectivity index (χ4n) is 2.93. The molecule has 0 radical (unpaired) electrons. The van der Waals surface area contributed by atoms with Crippen LogP contribution in [0.5, 0.6) is 0 Å². The lowest BCUT2D eigenvalue weighted by molar-refractivity contribution is -0.00923. The first-order chi connectivity index (χ1) is 10.3. The molecule has 1 aromatic heterocycles. The highest BCUT2D eigenvalue weighted by Crippen LogP contribution is 2.34. The lowest BCUT2D eigenvalue weighted by Crippen LogP contribution is -2.57. The predicted octanol–water partition coefficient (Wildman–Crippen LogP) is 0.968. The highest BCUT2D eigenvalue weighted by atomic mass is 32.2. The van der Waals surface area contributed by atoms with Crippen molar-refractivity contribution in [3.8, 4) is 6.07 Å². The second-order valence-corrected chi connectivity index (χ2v) is 6.45. The van der Waals surface area contributed by atoms with E-state index in [0.29, 0.717) is 11.5 Å². The van der Waals surface area contributed by atoms with Crippen LogP contribution in [0.3, 0.4) is 0 Å². The lowest BCUT2D eigenvalue weighted by Gasteiger charge is -2.43. The van der Waals surface area contributed by atoms with Gasteiger partial charge in [-0.1, -0.05) is 0 Å². The number of rotatable bonds is 4. The first kappa shape index (κ1) is 14.6. The van der Waals surface area contributed by atoms with Gasteiger partial charge < -0.3 is 10.1 Å². The van der Waals surface area contributed by atoms with Crippen molar-refractivity contribution in [2.75, 3.05) is 49.7 Å². The van der Waals surface area contributed by atoms with Crippen LogP contribution < -0.4 is 5.32 Å². The van der Waals surface area contributed by atoms with E-state index in [1.165, 1.54) is 5.75 Å². The molecule has 2 fully saturated rings. The van der Waals surface area contributed by atoms with Gasteiger partial charge in [0, 0.05) is 43.3 Å². The number of nitrogens with zero attached hydrogens (tertiary/aromatic N) is 4. The van der Waals surface area contributed by atoms with Crippen molar-refractivity contribution in [1.82, 2.24) is 14.9 Å². The molecule has 1 unspecified atom stereocenters. The maximum absolute atomic E-state index is 9.10. The third-order valence-corrected chi connectivity index (χ3v) is 5.39. The molecular weight excluding hydrogens is 286 g/mol. The molecule has 3 heterocycles. The van der Waals surface area contributed by atoms with Crippen molar-refractivity contribution in [2.45, 2.75) is 12.0 Å². The maximum atomic E-state index is 9.10. The largest absolute Gasteiger partial charge is 0.379 e. The smallest absolute Gasteiger partial charge is 0.182 e. The van der Waals surface area contributed by atoms with E-state index in [1.54, 1.807) is 12.4 Å². The topological polar surface area (TPSA) is 74.1 Å². The molecule has 7 heteroatoms. The second-order valence-electron chi connectivity index (χ2n) is 5.35. The third kappa shape index (κ3) is 3.12. The van der Waals surface area contributed by atoms with E-state index in [2.05, 4.69) is 26.3 Å². The molecule has 0 aromatic carbocycles. The number of nitriles is 1. The molecule has 112 valence electrons. The Bertz CT molecular complexity index is 520. The van der Waals surface area contributed by atoms with Gasteiger partial charge in [-0.15, -0.1) is 0 Å². The first-order valence-electron chi connectivity index (χ1n) is 7.20. The highest BCUT2D eigenvalue weighted by molar-refractivity contribution is 7.99. The minimum Gasteiger partial charge on any atom is -0.379 e. The molecule has 0 bridgehead atoms. The van der Waals surface area contributed by atoms with E-state index in [4.69, 9.17) is 10.00 Å². The summed E-state index contributed by atoms with van der Waals surface area (Å²) < 4.78 is 5.47. The summed E-state index contributed by atoms with van der Waals surface area (Å²) in [4.78, 5) is 10.8. The number of anilines is 1. The van der Waals surface area contributed by atoms with Crippen molar-refractivity contribution in [1.29, 1.82) is 5.26 Å². The molecular formula is C14H19N5OS. The molecule has 3 rings (SSSR count). The summed E-state index contributed by atoms with van der Waals surface area (Å²) >= 11 is 2.00. The zero-order chi connectivity index (χ0) is 14.5. The van der Waals surface area contributed by atoms with Crippen molar-refractivity contribution < 1.29 is 4.74 Å². The molecule has 1 aromatic rings. The van der Waals surface area contributed by atoms with E-state index < -0.39 is 0 Å². The summed E-state index contributed by atoms with van der Waals surface area (Å²) in [5.41, 5.74) is 0.499. The molecule has 6 nitrogen and oxygen atoms in total. The monoisotopic (exact) mass is 305 g/mol. The zero-order valence-corrected chi connectivity index (χ0v) is 12.7. The number of thioether (sulfide) groups is 1. The lowest BCUT2D eigenvalue weighted by atomic mass is 9.95. The number of morpholine rings is 1. The Morgan fingerprint density at radius 1 is 1.38 bits per heavy atom. The zero-order valence-electron chi connectivity index (χ0n) is 11.9. The van der Waals surface area contributed by atoms with Crippen molar-refractivity contribution in [3.05, 3.63) is 18.1 Å². The van der Waals surface area contributed by atoms with Gasteiger partial charge in [-0.05, 0) is 12.2 Å². The van der Waals surface area contributed by atoms with E-state index in [1.807, 2.05) is 11.8 Å². The molecule has 1 atom stereocenters. The normalized spacial score (nSPS) is 26.4.